The SMILES string of the molecule is C[C@H]1CC(=O)Nc2ccccc2N1C(=O)C[NH+](C)[C@@H](C)c1nc2ccccc2s1. The van der Waals surface area contributed by atoms with E-state index in [-0.39, 0.29) is 30.3 Å². The molecule has 2 amide bonds. The fraction of sp³-hybridized carbons (Fsp3) is 0.318. The van der Waals surface area contributed by atoms with Crippen LogP contribution in [0.4, 0.5) is 11.4 Å². The molecule has 2 heterocycles. The number of anilines is 2. The minimum absolute atomic E-state index is 0.00640. The van der Waals surface area contributed by atoms with E-state index in [2.05, 4.69) is 18.3 Å². The van der Waals surface area contributed by atoms with Gasteiger partial charge in [0.05, 0.1) is 28.6 Å². The molecule has 150 valence electrons. The van der Waals surface area contributed by atoms with Gasteiger partial charge in [0.2, 0.25) is 5.91 Å². The number of para-hydroxylation sites is 3. The summed E-state index contributed by atoms with van der Waals surface area (Å²) in [6, 6.07) is 15.5. The number of quaternary nitrogens is 1. The van der Waals surface area contributed by atoms with Gasteiger partial charge in [-0.3, -0.25) is 9.59 Å². The van der Waals surface area contributed by atoms with Crippen molar-refractivity contribution in [1.82, 2.24) is 4.98 Å². The van der Waals surface area contributed by atoms with Crippen molar-refractivity contribution >= 4 is 44.7 Å². The van der Waals surface area contributed by atoms with E-state index >= 15 is 0 Å². The highest BCUT2D eigenvalue weighted by Crippen LogP contribution is 2.31. The van der Waals surface area contributed by atoms with E-state index in [9.17, 15) is 9.59 Å². The van der Waals surface area contributed by atoms with Crippen LogP contribution in [0.2, 0.25) is 0 Å². The van der Waals surface area contributed by atoms with E-state index in [1.165, 1.54) is 0 Å². The molecule has 6 nitrogen and oxygen atoms in total. The summed E-state index contributed by atoms with van der Waals surface area (Å²) in [7, 11) is 2.02. The van der Waals surface area contributed by atoms with Crippen LogP contribution in [0, 0.1) is 0 Å². The lowest BCUT2D eigenvalue weighted by molar-refractivity contribution is -0.902. The maximum atomic E-state index is 13.3. The number of aromatic nitrogens is 1. The van der Waals surface area contributed by atoms with Gasteiger partial charge in [-0.1, -0.05) is 24.3 Å². The Balaban J connectivity index is 1.55. The third kappa shape index (κ3) is 3.88. The molecule has 7 heteroatoms. The first-order valence-electron chi connectivity index (χ1n) is 9.82. The van der Waals surface area contributed by atoms with E-state index in [1.807, 2.05) is 56.4 Å². The first-order chi connectivity index (χ1) is 13.9. The molecule has 1 aromatic heterocycles. The highest BCUT2D eigenvalue weighted by atomic mass is 32.1. The molecule has 2 aromatic carbocycles. The van der Waals surface area contributed by atoms with Gasteiger partial charge in [-0.15, -0.1) is 11.3 Å². The van der Waals surface area contributed by atoms with Gasteiger partial charge in [-0.25, -0.2) is 4.98 Å². The smallest absolute Gasteiger partial charge is 0.282 e. The minimum atomic E-state index is -0.197. The Morgan fingerprint density at radius 2 is 2.00 bits per heavy atom. The van der Waals surface area contributed by atoms with E-state index in [0.717, 1.165) is 25.8 Å². The molecule has 1 aliphatic rings. The molecule has 3 aromatic rings. The number of amides is 2. The van der Waals surface area contributed by atoms with Gasteiger partial charge in [-0.2, -0.15) is 0 Å². The van der Waals surface area contributed by atoms with Crippen LogP contribution in [0.1, 0.15) is 31.3 Å². The molecule has 1 unspecified atom stereocenters. The van der Waals surface area contributed by atoms with Gasteiger partial charge in [0.25, 0.3) is 5.91 Å². The lowest BCUT2D eigenvalue weighted by Crippen LogP contribution is -3.10. The van der Waals surface area contributed by atoms with Gasteiger partial charge >= 0.3 is 0 Å². The molecular weight excluding hydrogens is 384 g/mol. The molecule has 0 saturated heterocycles. The molecule has 4 rings (SSSR count). The fourth-order valence-electron chi connectivity index (χ4n) is 3.73. The zero-order valence-corrected chi connectivity index (χ0v) is 17.6. The van der Waals surface area contributed by atoms with Crippen LogP contribution in [0.3, 0.4) is 0 Å². The molecule has 0 aliphatic carbocycles. The predicted molar refractivity (Wildman–Crippen MR) is 116 cm³/mol. The number of thiazole rings is 1. The van der Waals surface area contributed by atoms with Crippen LogP contribution < -0.4 is 15.1 Å². The minimum Gasteiger partial charge on any atom is -0.324 e. The third-order valence-corrected chi connectivity index (χ3v) is 6.70. The standard InChI is InChI=1S/C22H24N4O2S/c1-14-12-20(27)23-16-8-4-6-10-18(16)26(14)21(28)13-25(3)15(2)22-24-17-9-5-7-11-19(17)29-22/h4-11,14-15H,12-13H2,1-3H3,(H,23,27)/p+1/t14-,15-/m0/s1. The molecule has 0 spiro atoms. The maximum absolute atomic E-state index is 13.3. The summed E-state index contributed by atoms with van der Waals surface area (Å²) in [4.78, 5) is 33.0. The number of nitrogens with zero attached hydrogens (tertiary/aromatic N) is 2. The molecule has 0 saturated carbocycles. The molecule has 0 radical (unpaired) electrons. The molecule has 1 aliphatic heterocycles. The quantitative estimate of drug-likeness (QED) is 0.696. The van der Waals surface area contributed by atoms with Crippen LogP contribution >= 0.6 is 11.3 Å². The largest absolute Gasteiger partial charge is 0.324 e. The van der Waals surface area contributed by atoms with Gasteiger partial charge in [-0.05, 0) is 38.1 Å². The highest BCUT2D eigenvalue weighted by Gasteiger charge is 2.32. The first kappa shape index (κ1) is 19.5. The van der Waals surface area contributed by atoms with Crippen LogP contribution in [0.25, 0.3) is 10.2 Å². The number of hydrogen-bond acceptors (Lipinski definition) is 4. The molecule has 0 bridgehead atoms. The van der Waals surface area contributed by atoms with Crippen molar-refractivity contribution < 1.29 is 14.5 Å². The Labute approximate surface area is 174 Å². The lowest BCUT2D eigenvalue weighted by atomic mass is 10.1. The van der Waals surface area contributed by atoms with Crippen molar-refractivity contribution in [2.75, 3.05) is 23.8 Å². The Morgan fingerprint density at radius 3 is 2.79 bits per heavy atom. The summed E-state index contributed by atoms with van der Waals surface area (Å²) in [5.41, 5.74) is 2.45. The Bertz CT molecular complexity index is 1030. The topological polar surface area (TPSA) is 66.7 Å². The summed E-state index contributed by atoms with van der Waals surface area (Å²) in [6.07, 6.45) is 0.285. The zero-order chi connectivity index (χ0) is 20.5. The van der Waals surface area contributed by atoms with Crippen molar-refractivity contribution in [2.24, 2.45) is 0 Å². The Hall–Kier alpha value is -2.77. The van der Waals surface area contributed by atoms with Gasteiger partial charge in [0, 0.05) is 12.5 Å². The number of nitrogens with one attached hydrogen (secondary N) is 2. The Morgan fingerprint density at radius 1 is 1.28 bits per heavy atom. The molecule has 0 fully saturated rings. The molecular formula is C22H25N4O2S+. The summed E-state index contributed by atoms with van der Waals surface area (Å²) in [5, 5.41) is 3.93. The number of rotatable bonds is 4. The zero-order valence-electron chi connectivity index (χ0n) is 16.8. The first-order valence-corrected chi connectivity index (χ1v) is 10.6. The van der Waals surface area contributed by atoms with Crippen molar-refractivity contribution in [2.45, 2.75) is 32.4 Å². The second-order valence-electron chi connectivity index (χ2n) is 7.65. The number of fused-ring (bicyclic) bond motifs is 2. The number of likely N-dealkylation sites (N-methyl/N-ethyl adjacent to an activating group) is 1. The lowest BCUT2D eigenvalue weighted by Gasteiger charge is -2.29. The molecule has 2 N–H and O–H groups in total. The second-order valence-corrected chi connectivity index (χ2v) is 8.71. The summed E-state index contributed by atoms with van der Waals surface area (Å²) >= 11 is 1.68. The van der Waals surface area contributed by atoms with Crippen molar-refractivity contribution in [3.63, 3.8) is 0 Å². The van der Waals surface area contributed by atoms with Gasteiger partial charge in [0.15, 0.2) is 11.6 Å². The van der Waals surface area contributed by atoms with E-state index in [0.29, 0.717) is 12.2 Å². The van der Waals surface area contributed by atoms with Crippen molar-refractivity contribution in [1.29, 1.82) is 0 Å². The average molecular weight is 410 g/mol. The second kappa shape index (κ2) is 7.93. The van der Waals surface area contributed by atoms with E-state index < -0.39 is 0 Å². The van der Waals surface area contributed by atoms with E-state index in [1.54, 1.807) is 16.2 Å². The monoisotopic (exact) mass is 409 g/mol. The van der Waals surface area contributed by atoms with Gasteiger partial charge in [0.1, 0.15) is 6.04 Å². The third-order valence-electron chi connectivity index (χ3n) is 5.48. The fourth-order valence-corrected chi connectivity index (χ4v) is 4.84. The molecule has 29 heavy (non-hydrogen) atoms. The number of carbonyl (C=O) groups excluding carboxylic acids is 2. The van der Waals surface area contributed by atoms with Crippen molar-refractivity contribution in [3.05, 3.63) is 53.5 Å². The highest BCUT2D eigenvalue weighted by molar-refractivity contribution is 7.18. The number of hydrogen-bond donors (Lipinski definition) is 2. The van der Waals surface area contributed by atoms with Crippen LogP contribution in [0.15, 0.2) is 48.5 Å². The van der Waals surface area contributed by atoms with Crippen LogP contribution in [-0.4, -0.2) is 36.4 Å². The van der Waals surface area contributed by atoms with Gasteiger partial charge < -0.3 is 15.1 Å². The average Bonchev–Trinajstić information content (AvgIpc) is 3.07. The predicted octanol–water partition coefficient (Wildman–Crippen LogP) is 2.64. The normalized spacial score (nSPS) is 18.7. The van der Waals surface area contributed by atoms with Crippen LogP contribution in [0.5, 0.6) is 0 Å². The summed E-state index contributed by atoms with van der Waals surface area (Å²) in [5.74, 6) is -0.0595. The maximum Gasteiger partial charge on any atom is 0.282 e. The number of benzene rings is 2. The molecule has 3 atom stereocenters. The van der Waals surface area contributed by atoms with Crippen molar-refractivity contribution in [3.8, 4) is 0 Å². The van der Waals surface area contributed by atoms with Crippen LogP contribution in [-0.2, 0) is 9.59 Å². The summed E-state index contributed by atoms with van der Waals surface area (Å²) < 4.78 is 1.16. The Kier molecular flexibility index (Phi) is 5.34. The van der Waals surface area contributed by atoms with E-state index in [4.69, 9.17) is 4.98 Å². The number of carbonyl (C=O) groups is 2. The summed E-state index contributed by atoms with van der Waals surface area (Å²) in [6.45, 7) is 4.35.